The van der Waals surface area contributed by atoms with Crippen LogP contribution in [0.3, 0.4) is 0 Å². The van der Waals surface area contributed by atoms with Crippen LogP contribution in [-0.4, -0.2) is 34.8 Å². The largest absolute Gasteiger partial charge is 0.463 e. The second-order valence-corrected chi connectivity index (χ2v) is 4.86. The third-order valence-corrected chi connectivity index (χ3v) is 3.53. The smallest absolute Gasteiger partial charge is 0.360 e. The second kappa shape index (κ2) is 4.59. The first-order valence-corrected chi connectivity index (χ1v) is 6.22. The third kappa shape index (κ3) is 1.59. The molecule has 1 saturated carbocycles. The SMILES string of the molecule is CCOC(=O)C12ON=C(C(C)C)C1CC/C2=N\O. The minimum absolute atomic E-state index is 0.178. The summed E-state index contributed by atoms with van der Waals surface area (Å²) >= 11 is 0. The Morgan fingerprint density at radius 3 is 3.00 bits per heavy atom. The highest BCUT2D eigenvalue weighted by molar-refractivity contribution is 6.17. The van der Waals surface area contributed by atoms with E-state index in [-0.39, 0.29) is 18.4 Å². The van der Waals surface area contributed by atoms with Gasteiger partial charge in [0.05, 0.1) is 18.2 Å². The third-order valence-electron chi connectivity index (χ3n) is 3.53. The van der Waals surface area contributed by atoms with Crippen molar-refractivity contribution < 1.29 is 19.6 Å². The van der Waals surface area contributed by atoms with Gasteiger partial charge in [0.15, 0.2) is 0 Å². The standard InChI is InChI=1S/C12H18N2O4/c1-4-17-11(15)12-8(5-6-9(12)13-16)10(7(2)3)14-18-12/h7-8,16H,4-6H2,1-3H3/b13-9+. The molecular formula is C12H18N2O4. The fraction of sp³-hybridized carbons (Fsp3) is 0.750. The van der Waals surface area contributed by atoms with E-state index in [0.717, 1.165) is 5.71 Å². The van der Waals surface area contributed by atoms with Gasteiger partial charge >= 0.3 is 5.97 Å². The van der Waals surface area contributed by atoms with Crippen LogP contribution in [0.1, 0.15) is 33.6 Å². The van der Waals surface area contributed by atoms with Crippen LogP contribution in [0.2, 0.25) is 0 Å². The van der Waals surface area contributed by atoms with Gasteiger partial charge in [-0.3, -0.25) is 0 Å². The zero-order valence-electron chi connectivity index (χ0n) is 10.8. The van der Waals surface area contributed by atoms with Crippen LogP contribution in [0.15, 0.2) is 10.3 Å². The monoisotopic (exact) mass is 254 g/mol. The predicted molar refractivity (Wildman–Crippen MR) is 64.7 cm³/mol. The molecule has 0 aromatic carbocycles. The summed E-state index contributed by atoms with van der Waals surface area (Å²) < 4.78 is 5.06. The molecule has 100 valence electrons. The van der Waals surface area contributed by atoms with Crippen molar-refractivity contribution >= 4 is 17.4 Å². The summed E-state index contributed by atoms with van der Waals surface area (Å²) in [5, 5.41) is 16.3. The van der Waals surface area contributed by atoms with Gasteiger partial charge in [-0.25, -0.2) is 4.79 Å². The molecule has 0 bridgehead atoms. The zero-order valence-corrected chi connectivity index (χ0v) is 10.8. The summed E-state index contributed by atoms with van der Waals surface area (Å²) in [5.74, 6) is -0.508. The van der Waals surface area contributed by atoms with Gasteiger partial charge in [0, 0.05) is 0 Å². The van der Waals surface area contributed by atoms with Crippen molar-refractivity contribution in [1.82, 2.24) is 0 Å². The Balaban J connectivity index is 2.38. The number of esters is 1. The van der Waals surface area contributed by atoms with E-state index in [2.05, 4.69) is 10.3 Å². The van der Waals surface area contributed by atoms with Gasteiger partial charge in [-0.15, -0.1) is 0 Å². The maximum atomic E-state index is 12.2. The van der Waals surface area contributed by atoms with Gasteiger partial charge < -0.3 is 14.8 Å². The van der Waals surface area contributed by atoms with Gasteiger partial charge in [-0.05, 0) is 25.7 Å². The lowest BCUT2D eigenvalue weighted by Gasteiger charge is -2.24. The van der Waals surface area contributed by atoms with E-state index in [4.69, 9.17) is 14.8 Å². The maximum absolute atomic E-state index is 12.2. The Kier molecular flexibility index (Phi) is 3.28. The minimum Gasteiger partial charge on any atom is -0.463 e. The highest BCUT2D eigenvalue weighted by Gasteiger charge is 2.63. The summed E-state index contributed by atoms with van der Waals surface area (Å²) in [6.45, 7) is 5.98. The van der Waals surface area contributed by atoms with Crippen molar-refractivity contribution in [3.8, 4) is 0 Å². The molecule has 6 nitrogen and oxygen atoms in total. The van der Waals surface area contributed by atoms with Crippen LogP contribution in [0.25, 0.3) is 0 Å². The zero-order chi connectivity index (χ0) is 13.3. The Morgan fingerprint density at radius 1 is 1.72 bits per heavy atom. The second-order valence-electron chi connectivity index (χ2n) is 4.86. The van der Waals surface area contributed by atoms with E-state index < -0.39 is 11.6 Å². The number of rotatable bonds is 3. The first-order chi connectivity index (χ1) is 8.57. The fourth-order valence-electron chi connectivity index (χ4n) is 2.70. The van der Waals surface area contributed by atoms with Crippen LogP contribution in [0.4, 0.5) is 0 Å². The van der Waals surface area contributed by atoms with Crippen molar-refractivity contribution in [2.75, 3.05) is 6.61 Å². The molecule has 1 aliphatic carbocycles. The molecule has 2 atom stereocenters. The highest BCUT2D eigenvalue weighted by Crippen LogP contribution is 2.44. The molecule has 1 fully saturated rings. The van der Waals surface area contributed by atoms with Crippen LogP contribution in [0, 0.1) is 11.8 Å². The molecular weight excluding hydrogens is 236 g/mol. The molecule has 2 rings (SSSR count). The molecule has 6 heteroatoms. The van der Waals surface area contributed by atoms with Gasteiger partial charge in [-0.2, -0.15) is 0 Å². The fourth-order valence-corrected chi connectivity index (χ4v) is 2.70. The van der Waals surface area contributed by atoms with Crippen molar-refractivity contribution in [2.45, 2.75) is 39.2 Å². The van der Waals surface area contributed by atoms with Crippen molar-refractivity contribution in [3.05, 3.63) is 0 Å². The predicted octanol–water partition coefficient (Wildman–Crippen LogP) is 1.57. The number of carbonyl (C=O) groups excluding carboxylic acids is 1. The van der Waals surface area contributed by atoms with E-state index in [1.54, 1.807) is 6.92 Å². The van der Waals surface area contributed by atoms with Gasteiger partial charge in [0.25, 0.3) is 5.60 Å². The summed E-state index contributed by atoms with van der Waals surface area (Å²) in [6.07, 6.45) is 1.21. The number of oxime groups is 2. The van der Waals surface area contributed by atoms with Crippen LogP contribution in [-0.2, 0) is 14.4 Å². The molecule has 1 N–H and O–H groups in total. The number of carbonyl (C=O) groups is 1. The van der Waals surface area contributed by atoms with E-state index in [1.165, 1.54) is 0 Å². The first kappa shape index (κ1) is 12.9. The molecule has 0 radical (unpaired) electrons. The Labute approximate surface area is 106 Å². The highest BCUT2D eigenvalue weighted by atomic mass is 16.7. The van der Waals surface area contributed by atoms with Gasteiger partial charge in [-0.1, -0.05) is 24.2 Å². The Bertz CT molecular complexity index is 416. The van der Waals surface area contributed by atoms with E-state index in [1.807, 2.05) is 13.8 Å². The minimum atomic E-state index is -1.33. The number of fused-ring (bicyclic) bond motifs is 1. The summed E-state index contributed by atoms with van der Waals surface area (Å²) in [5.41, 5.74) is -0.184. The van der Waals surface area contributed by atoms with Gasteiger partial charge in [0.1, 0.15) is 5.71 Å². The van der Waals surface area contributed by atoms with Crippen molar-refractivity contribution in [1.29, 1.82) is 0 Å². The van der Waals surface area contributed by atoms with E-state index in [0.29, 0.717) is 18.6 Å². The van der Waals surface area contributed by atoms with Crippen LogP contribution < -0.4 is 0 Å². The lowest BCUT2D eigenvalue weighted by atomic mass is 9.83. The van der Waals surface area contributed by atoms with Gasteiger partial charge in [0.2, 0.25) is 0 Å². The summed E-state index contributed by atoms with van der Waals surface area (Å²) in [4.78, 5) is 17.6. The summed E-state index contributed by atoms with van der Waals surface area (Å²) in [7, 11) is 0. The number of nitrogens with zero attached hydrogens (tertiary/aromatic N) is 2. The van der Waals surface area contributed by atoms with Crippen molar-refractivity contribution in [3.63, 3.8) is 0 Å². The molecule has 0 aromatic heterocycles. The molecule has 18 heavy (non-hydrogen) atoms. The quantitative estimate of drug-likeness (QED) is 0.471. The summed E-state index contributed by atoms with van der Waals surface area (Å²) in [6, 6.07) is 0. The topological polar surface area (TPSA) is 80.5 Å². The average molecular weight is 254 g/mol. The number of hydrogen-bond donors (Lipinski definition) is 1. The average Bonchev–Trinajstić information content (AvgIpc) is 2.85. The Morgan fingerprint density at radius 2 is 2.44 bits per heavy atom. The molecule has 0 amide bonds. The van der Waals surface area contributed by atoms with Crippen LogP contribution in [0.5, 0.6) is 0 Å². The molecule has 2 aliphatic rings. The van der Waals surface area contributed by atoms with Crippen LogP contribution >= 0.6 is 0 Å². The molecule has 0 saturated heterocycles. The Hall–Kier alpha value is -1.59. The molecule has 1 aliphatic heterocycles. The number of hydrogen-bond acceptors (Lipinski definition) is 6. The van der Waals surface area contributed by atoms with E-state index >= 15 is 0 Å². The lowest BCUT2D eigenvalue weighted by molar-refractivity contribution is -0.163. The molecule has 0 aromatic rings. The normalized spacial score (nSPS) is 32.3. The van der Waals surface area contributed by atoms with Crippen molar-refractivity contribution in [2.24, 2.45) is 22.1 Å². The maximum Gasteiger partial charge on any atom is 0.360 e. The molecule has 0 spiro atoms. The lowest BCUT2D eigenvalue weighted by Crippen LogP contribution is -2.50. The first-order valence-electron chi connectivity index (χ1n) is 6.22. The van der Waals surface area contributed by atoms with E-state index in [9.17, 15) is 4.79 Å². The molecule has 2 unspecified atom stereocenters. The number of ether oxygens (including phenoxy) is 1. The molecule has 1 heterocycles.